The van der Waals surface area contributed by atoms with Crippen molar-refractivity contribution >= 4 is 16.1 Å². The SMILES string of the molecule is O=C(OS(=O)(=O)C(F)(F)C(F)(F)C(F)(F)C(F)(F)C(F)(F)C(F)(F)C(F)(F)C(F)(F)F)C(F)(F)C(F)(F)C(F)(F)C(F)(F)C(F)(F)F.[H-].[K+]. The Kier molecular flexibility index (Phi) is 12.7. The molecule has 0 heterocycles. The average molecular weight is 836 g/mol. The first-order valence-electron chi connectivity index (χ1n) is 9.40. The molecular weight excluding hydrogens is 835 g/mol. The van der Waals surface area contributed by atoms with E-state index >= 15 is 0 Å². The summed E-state index contributed by atoms with van der Waals surface area (Å²) >= 11 is 0. The zero-order chi connectivity index (χ0) is 39.3. The normalized spacial score (nSPS) is 16.4. The third-order valence-electron chi connectivity index (χ3n) is 4.99. The number of rotatable bonds is 12. The first-order valence-corrected chi connectivity index (χ1v) is 10.8. The van der Waals surface area contributed by atoms with Gasteiger partial charge in [-0.3, -0.25) is 0 Å². The van der Waals surface area contributed by atoms with E-state index in [1.165, 1.54) is 4.18 Å². The second-order valence-electron chi connectivity index (χ2n) is 8.08. The Morgan fingerprint density at radius 2 is 0.583 bits per heavy atom. The summed E-state index contributed by atoms with van der Waals surface area (Å²) < 4.78 is 387. The Balaban J connectivity index is -0.0000106. The van der Waals surface area contributed by atoms with Crippen LogP contribution in [0.4, 0.5) is 123 Å². The van der Waals surface area contributed by atoms with Gasteiger partial charge in [0.15, 0.2) is 0 Å². The molecule has 0 aromatic carbocycles. The van der Waals surface area contributed by atoms with E-state index in [2.05, 4.69) is 0 Å². The van der Waals surface area contributed by atoms with E-state index in [0.29, 0.717) is 0 Å². The van der Waals surface area contributed by atoms with Crippen molar-refractivity contribution in [3.63, 3.8) is 0 Å². The monoisotopic (exact) mass is 836 g/mol. The molecule has 0 aliphatic heterocycles. The maximum absolute atomic E-state index is 13.7. The van der Waals surface area contributed by atoms with Gasteiger partial charge in [0.1, 0.15) is 0 Å². The molecule has 0 spiro atoms. The number of halogens is 28. The maximum Gasteiger partial charge on any atom is 1.00 e. The van der Waals surface area contributed by atoms with Crippen LogP contribution in [-0.4, -0.2) is 91.2 Å². The van der Waals surface area contributed by atoms with Crippen molar-refractivity contribution in [1.29, 1.82) is 0 Å². The Bertz CT molecular complexity index is 1310. The summed E-state index contributed by atoms with van der Waals surface area (Å²) in [6, 6.07) is 0. The summed E-state index contributed by atoms with van der Waals surface area (Å²) in [4.78, 5) is 10.9. The Hall–Kier alpha value is -0.904. The molecule has 34 heteroatoms. The van der Waals surface area contributed by atoms with E-state index in [1.54, 1.807) is 0 Å². The molecule has 0 aromatic heterocycles. The molecular formula is C14HF28KO4S. The first kappa shape index (κ1) is 49.2. The van der Waals surface area contributed by atoms with Crippen molar-refractivity contribution in [1.82, 2.24) is 0 Å². The van der Waals surface area contributed by atoms with Gasteiger partial charge in [0.2, 0.25) is 0 Å². The Morgan fingerprint density at radius 3 is 0.833 bits per heavy atom. The van der Waals surface area contributed by atoms with Crippen LogP contribution in [0.15, 0.2) is 0 Å². The van der Waals surface area contributed by atoms with Gasteiger partial charge in [-0.05, 0) is 0 Å². The van der Waals surface area contributed by atoms with Crippen LogP contribution in [0.25, 0.3) is 0 Å². The fourth-order valence-electron chi connectivity index (χ4n) is 2.21. The van der Waals surface area contributed by atoms with Crippen LogP contribution in [0, 0.1) is 0 Å². The zero-order valence-corrected chi connectivity index (χ0v) is 24.6. The van der Waals surface area contributed by atoms with Gasteiger partial charge < -0.3 is 5.61 Å². The molecule has 0 bridgehead atoms. The van der Waals surface area contributed by atoms with Crippen LogP contribution in [-0.2, 0) is 19.1 Å². The van der Waals surface area contributed by atoms with E-state index in [4.69, 9.17) is 0 Å². The smallest absolute Gasteiger partial charge is 1.00 e. The number of hydrogen-bond donors (Lipinski definition) is 0. The summed E-state index contributed by atoms with van der Waals surface area (Å²) in [5, 5.41) is -9.05. The minimum absolute atomic E-state index is 0. The molecule has 0 saturated heterocycles. The van der Waals surface area contributed by atoms with Crippen LogP contribution in [0.5, 0.6) is 0 Å². The van der Waals surface area contributed by atoms with Gasteiger partial charge in [0, 0.05) is 0 Å². The molecule has 0 N–H and O–H groups in total. The van der Waals surface area contributed by atoms with E-state index in [1.807, 2.05) is 0 Å². The van der Waals surface area contributed by atoms with Crippen molar-refractivity contribution in [2.75, 3.05) is 0 Å². The average Bonchev–Trinajstić information content (AvgIpc) is 2.80. The summed E-state index contributed by atoms with van der Waals surface area (Å²) in [5.41, 5.74) is 0. The van der Waals surface area contributed by atoms with Crippen molar-refractivity contribution in [2.24, 2.45) is 0 Å². The van der Waals surface area contributed by atoms with Crippen LogP contribution in [0.2, 0.25) is 0 Å². The van der Waals surface area contributed by atoms with Crippen molar-refractivity contribution in [3.05, 3.63) is 0 Å². The second-order valence-corrected chi connectivity index (χ2v) is 9.67. The summed E-state index contributed by atoms with van der Waals surface area (Å²) in [7, 11) is -9.52. The van der Waals surface area contributed by atoms with Crippen molar-refractivity contribution in [3.8, 4) is 0 Å². The van der Waals surface area contributed by atoms with Gasteiger partial charge in [-0.1, -0.05) is 0 Å². The summed E-state index contributed by atoms with van der Waals surface area (Å²) in [6.07, 6.45) is -16.3. The maximum atomic E-state index is 13.7. The number of carbonyl (C=O) groups excluding carboxylic acids is 1. The Labute approximate surface area is 285 Å². The van der Waals surface area contributed by atoms with Gasteiger partial charge in [-0.2, -0.15) is 131 Å². The number of carbonyl (C=O) groups is 1. The Morgan fingerprint density at radius 1 is 0.375 bits per heavy atom. The van der Waals surface area contributed by atoms with Crippen molar-refractivity contribution < 1.29 is 193 Å². The minimum atomic E-state index is -9.56. The molecule has 4 nitrogen and oxygen atoms in total. The number of hydrogen-bond acceptors (Lipinski definition) is 4. The second kappa shape index (κ2) is 12.4. The summed E-state index contributed by atoms with van der Waals surface area (Å²) in [6.45, 7) is 0. The van der Waals surface area contributed by atoms with Gasteiger partial charge in [-0.25, -0.2) is 4.79 Å². The third kappa shape index (κ3) is 6.29. The molecule has 284 valence electrons. The van der Waals surface area contributed by atoms with E-state index in [-0.39, 0.29) is 52.8 Å². The molecule has 0 atom stereocenters. The molecule has 0 unspecified atom stereocenters. The van der Waals surface area contributed by atoms with Crippen LogP contribution < -0.4 is 51.4 Å². The standard InChI is InChI=1S/C14F28O4S.K.H/c15-2(16,3(17,18)4(19,20)9(29,30)12(35,36)37)1(43)46-47(44,45)14(41,42)11(33,34)8(27,28)6(23,24)5(21,22)7(25,26)10(31,32)13(38,39)40;;/q;+1;-1. The van der Waals surface area contributed by atoms with Crippen molar-refractivity contribution in [2.45, 2.75) is 76.8 Å². The molecule has 0 aromatic rings. The molecule has 0 fully saturated rings. The fourth-order valence-corrected chi connectivity index (χ4v) is 3.06. The van der Waals surface area contributed by atoms with Gasteiger partial charge in [-0.15, -0.1) is 0 Å². The first-order chi connectivity index (χ1) is 19.6. The van der Waals surface area contributed by atoms with Crippen LogP contribution in [0.3, 0.4) is 0 Å². The van der Waals surface area contributed by atoms with Crippen LogP contribution >= 0.6 is 0 Å². The molecule has 0 aliphatic carbocycles. The molecule has 48 heavy (non-hydrogen) atoms. The number of alkyl halides is 28. The zero-order valence-electron chi connectivity index (χ0n) is 21.6. The van der Waals surface area contributed by atoms with Gasteiger partial charge in [0.25, 0.3) is 0 Å². The molecule has 0 radical (unpaired) electrons. The van der Waals surface area contributed by atoms with Gasteiger partial charge in [0.05, 0.1) is 0 Å². The molecule has 0 amide bonds. The minimum Gasteiger partial charge on any atom is -1.00 e. The predicted octanol–water partition coefficient (Wildman–Crippen LogP) is 5.05. The van der Waals surface area contributed by atoms with E-state index in [0.717, 1.165) is 0 Å². The predicted molar refractivity (Wildman–Crippen MR) is 82.7 cm³/mol. The van der Waals surface area contributed by atoms with E-state index in [9.17, 15) is 136 Å². The fraction of sp³-hybridized carbons (Fsp3) is 0.929. The van der Waals surface area contributed by atoms with E-state index < -0.39 is 92.9 Å². The molecule has 0 aliphatic rings. The summed E-state index contributed by atoms with van der Waals surface area (Å²) in [5.74, 6) is -96.0. The van der Waals surface area contributed by atoms with Crippen LogP contribution in [0.1, 0.15) is 1.43 Å². The third-order valence-corrected chi connectivity index (χ3v) is 6.24. The topological polar surface area (TPSA) is 60.4 Å². The molecule has 0 rings (SSSR count). The quantitative estimate of drug-likeness (QED) is 0.157. The largest absolute Gasteiger partial charge is 1.00 e. The van der Waals surface area contributed by atoms with Gasteiger partial charge >= 0.3 is 144 Å². The molecule has 0 saturated carbocycles.